The number of H-pyrrole nitrogens is 1. The molecule has 0 atom stereocenters. The van der Waals surface area contributed by atoms with Gasteiger partial charge in [-0.1, -0.05) is 53.7 Å². The average molecular weight is 500 g/mol. The van der Waals surface area contributed by atoms with Crippen molar-refractivity contribution in [1.82, 2.24) is 19.5 Å². The van der Waals surface area contributed by atoms with Crippen LogP contribution < -0.4 is 5.56 Å². The van der Waals surface area contributed by atoms with Gasteiger partial charge in [-0.2, -0.15) is 5.26 Å². The molecule has 9 heteroatoms. The summed E-state index contributed by atoms with van der Waals surface area (Å²) in [4.78, 5) is 25.7. The number of hydrogen-bond donors (Lipinski definition) is 2. The number of nitriles is 1. The Balaban J connectivity index is 1.60. The number of aliphatic hydroxyl groups is 1. The molecule has 5 aromatic rings. The van der Waals surface area contributed by atoms with Crippen molar-refractivity contribution in [2.24, 2.45) is 0 Å². The molecule has 0 amide bonds. The molecule has 35 heavy (non-hydrogen) atoms. The van der Waals surface area contributed by atoms with E-state index in [0.717, 1.165) is 22.8 Å². The molecule has 0 aliphatic heterocycles. The summed E-state index contributed by atoms with van der Waals surface area (Å²) < 4.78 is 1.49. The van der Waals surface area contributed by atoms with Gasteiger partial charge >= 0.3 is 0 Å². The molecule has 7 nitrogen and oxygen atoms in total. The molecule has 2 aromatic heterocycles. The van der Waals surface area contributed by atoms with Crippen LogP contribution in [0, 0.1) is 18.3 Å². The van der Waals surface area contributed by atoms with Gasteiger partial charge in [-0.15, -0.1) is 0 Å². The van der Waals surface area contributed by atoms with Crippen molar-refractivity contribution >= 4 is 50.9 Å². The van der Waals surface area contributed by atoms with E-state index in [0.29, 0.717) is 32.3 Å². The van der Waals surface area contributed by atoms with E-state index in [9.17, 15) is 15.2 Å². The van der Waals surface area contributed by atoms with E-state index in [1.165, 1.54) is 4.57 Å². The number of nitrogens with zero attached hydrogens (tertiary/aromatic N) is 4. The highest BCUT2D eigenvalue weighted by atomic mass is 35.5. The number of aliphatic hydroxyl groups excluding tert-OH is 1. The Kier molecular flexibility index (Phi) is 6.03. The van der Waals surface area contributed by atoms with Gasteiger partial charge in [0.25, 0.3) is 5.56 Å². The minimum absolute atomic E-state index is 0.00430. The van der Waals surface area contributed by atoms with E-state index in [-0.39, 0.29) is 28.5 Å². The van der Waals surface area contributed by atoms with Crippen molar-refractivity contribution in [3.8, 4) is 11.8 Å². The molecule has 0 radical (unpaired) electrons. The first-order valence-electron chi connectivity index (χ1n) is 10.7. The van der Waals surface area contributed by atoms with Gasteiger partial charge in [-0.25, -0.2) is 9.97 Å². The third kappa shape index (κ3) is 4.16. The summed E-state index contributed by atoms with van der Waals surface area (Å²) in [5.41, 5.74) is 3.11. The van der Waals surface area contributed by atoms with Gasteiger partial charge in [0.05, 0.1) is 33.4 Å². The summed E-state index contributed by atoms with van der Waals surface area (Å²) in [6, 6.07) is 21.8. The van der Waals surface area contributed by atoms with Gasteiger partial charge < -0.3 is 10.1 Å². The van der Waals surface area contributed by atoms with Gasteiger partial charge in [0.2, 0.25) is 0 Å². The van der Waals surface area contributed by atoms with Crippen LogP contribution in [-0.2, 0) is 0 Å². The summed E-state index contributed by atoms with van der Waals surface area (Å²) in [5.74, 6) is 0.110. The summed E-state index contributed by atoms with van der Waals surface area (Å²) in [6.07, 6.45) is 0. The zero-order chi connectivity index (χ0) is 24.5. The Bertz CT molecular complexity index is 1700. The molecule has 0 spiro atoms. The number of halogens is 1. The lowest BCUT2D eigenvalue weighted by molar-refractivity contribution is 0.420. The second kappa shape index (κ2) is 9.29. The lowest BCUT2D eigenvalue weighted by Gasteiger charge is -2.15. The van der Waals surface area contributed by atoms with E-state index < -0.39 is 0 Å². The maximum Gasteiger partial charge on any atom is 0.266 e. The number of allylic oxidation sites excluding steroid dienone is 1. The van der Waals surface area contributed by atoms with Gasteiger partial charge in [0.15, 0.2) is 11.0 Å². The predicted molar refractivity (Wildman–Crippen MR) is 139 cm³/mol. The zero-order valence-electron chi connectivity index (χ0n) is 18.5. The Morgan fingerprint density at radius 2 is 1.83 bits per heavy atom. The zero-order valence-corrected chi connectivity index (χ0v) is 20.1. The minimum atomic E-state index is -0.246. The Labute approximate surface area is 209 Å². The quantitative estimate of drug-likeness (QED) is 0.137. The van der Waals surface area contributed by atoms with E-state index >= 15 is 0 Å². The lowest BCUT2D eigenvalue weighted by Crippen LogP contribution is -2.22. The molecule has 0 fully saturated rings. The average Bonchev–Trinajstić information content (AvgIpc) is 3.29. The molecule has 0 unspecified atom stereocenters. The fourth-order valence-corrected chi connectivity index (χ4v) is 4.84. The molecular formula is C26H18ClN5O2S. The molecule has 2 heterocycles. The first kappa shape index (κ1) is 22.7. The maximum atomic E-state index is 13.5. The van der Waals surface area contributed by atoms with Crippen LogP contribution in [0.1, 0.15) is 11.4 Å². The number of imidazole rings is 1. The van der Waals surface area contributed by atoms with Crippen LogP contribution in [0.25, 0.3) is 33.2 Å². The highest BCUT2D eigenvalue weighted by molar-refractivity contribution is 7.99. The predicted octanol–water partition coefficient (Wildman–Crippen LogP) is 5.81. The van der Waals surface area contributed by atoms with Gasteiger partial charge in [-0.3, -0.25) is 9.36 Å². The van der Waals surface area contributed by atoms with E-state index in [4.69, 9.17) is 16.6 Å². The van der Waals surface area contributed by atoms with Crippen LogP contribution in [0.2, 0.25) is 5.02 Å². The monoisotopic (exact) mass is 499 g/mol. The molecule has 3 aromatic carbocycles. The largest absolute Gasteiger partial charge is 0.510 e. The third-order valence-corrected chi connectivity index (χ3v) is 6.95. The van der Waals surface area contributed by atoms with E-state index in [2.05, 4.69) is 9.97 Å². The SMILES string of the molecule is Cc1c(Cl)cccc1-n1c(SC/C(O)=C(\C#N)c2nc3ccccc3[nH]2)nc2ccccc2c1=O. The highest BCUT2D eigenvalue weighted by Crippen LogP contribution is 2.28. The standard InChI is InChI=1S/C26H18ClN5O2S/c1-15-18(27)8-6-12-22(15)32-25(34)16-7-2-3-9-19(16)31-26(32)35-14-23(33)17(13-28)24-29-20-10-4-5-11-21(20)30-24/h2-12,33H,14H2,1H3,(H,29,30)/b23-17-. The first-order chi connectivity index (χ1) is 17.0. The van der Waals surface area contributed by atoms with Crippen molar-refractivity contribution in [2.45, 2.75) is 12.1 Å². The molecule has 172 valence electrons. The highest BCUT2D eigenvalue weighted by Gasteiger charge is 2.18. The number of para-hydroxylation sites is 3. The second-order valence-electron chi connectivity index (χ2n) is 7.76. The summed E-state index contributed by atoms with van der Waals surface area (Å²) in [6.45, 7) is 1.83. The second-order valence-corrected chi connectivity index (χ2v) is 9.11. The Morgan fingerprint density at radius 3 is 2.60 bits per heavy atom. The first-order valence-corrected chi connectivity index (χ1v) is 12.0. The summed E-state index contributed by atoms with van der Waals surface area (Å²) in [5, 5.41) is 21.9. The maximum absolute atomic E-state index is 13.5. The van der Waals surface area contributed by atoms with Crippen LogP contribution in [-0.4, -0.2) is 30.4 Å². The number of nitrogens with one attached hydrogen (secondary N) is 1. The molecule has 0 saturated carbocycles. The summed E-state index contributed by atoms with van der Waals surface area (Å²) >= 11 is 7.49. The molecular weight excluding hydrogens is 482 g/mol. The normalized spacial score (nSPS) is 12.0. The number of fused-ring (bicyclic) bond motifs is 2. The number of aromatic amines is 1. The van der Waals surface area contributed by atoms with Gasteiger partial charge in [0.1, 0.15) is 17.4 Å². The number of aromatic nitrogens is 4. The van der Waals surface area contributed by atoms with Crippen molar-refractivity contribution in [1.29, 1.82) is 5.26 Å². The number of rotatable bonds is 5. The van der Waals surface area contributed by atoms with Crippen LogP contribution >= 0.6 is 23.4 Å². The molecule has 0 aliphatic carbocycles. The Hall–Kier alpha value is -4.06. The Morgan fingerprint density at radius 1 is 1.09 bits per heavy atom. The third-order valence-electron chi connectivity index (χ3n) is 5.59. The minimum Gasteiger partial charge on any atom is -0.510 e. The lowest BCUT2D eigenvalue weighted by atomic mass is 10.2. The van der Waals surface area contributed by atoms with Crippen LogP contribution in [0.4, 0.5) is 0 Å². The van der Waals surface area contributed by atoms with Crippen molar-refractivity contribution in [2.75, 3.05) is 5.75 Å². The fourth-order valence-electron chi connectivity index (χ4n) is 3.79. The van der Waals surface area contributed by atoms with Crippen molar-refractivity contribution < 1.29 is 5.11 Å². The van der Waals surface area contributed by atoms with Crippen molar-refractivity contribution in [3.63, 3.8) is 0 Å². The molecule has 2 N–H and O–H groups in total. The van der Waals surface area contributed by atoms with Gasteiger partial charge in [-0.05, 0) is 48.9 Å². The number of hydrogen-bond acceptors (Lipinski definition) is 6. The van der Waals surface area contributed by atoms with Gasteiger partial charge in [0, 0.05) is 5.02 Å². The van der Waals surface area contributed by atoms with Crippen molar-refractivity contribution in [3.05, 3.63) is 99.3 Å². The molecule has 0 aliphatic rings. The number of thioether (sulfide) groups is 1. The number of benzene rings is 3. The smallest absolute Gasteiger partial charge is 0.266 e. The van der Waals surface area contributed by atoms with Crippen LogP contribution in [0.5, 0.6) is 0 Å². The fraction of sp³-hybridized carbons (Fsp3) is 0.0769. The van der Waals surface area contributed by atoms with Crippen LogP contribution in [0.15, 0.2) is 82.4 Å². The van der Waals surface area contributed by atoms with E-state index in [1.807, 2.05) is 43.3 Å². The topological polar surface area (TPSA) is 108 Å². The van der Waals surface area contributed by atoms with E-state index in [1.54, 1.807) is 36.4 Å². The summed E-state index contributed by atoms with van der Waals surface area (Å²) in [7, 11) is 0. The van der Waals surface area contributed by atoms with Crippen LogP contribution in [0.3, 0.4) is 0 Å². The molecule has 5 rings (SSSR count). The molecule has 0 saturated heterocycles. The molecule has 0 bridgehead atoms.